The van der Waals surface area contributed by atoms with Crippen LogP contribution >= 0.6 is 0 Å². The quantitative estimate of drug-likeness (QED) is 0.670. The molecule has 1 aromatic carbocycles. The number of hydrogen-bond acceptors (Lipinski definition) is 3. The Morgan fingerprint density at radius 1 is 1.27 bits per heavy atom. The molecule has 1 unspecified atom stereocenters. The molecule has 0 saturated heterocycles. The summed E-state index contributed by atoms with van der Waals surface area (Å²) in [7, 11) is 1.77. The fourth-order valence-corrected chi connectivity index (χ4v) is 2.73. The molecule has 114 valence electrons. The van der Waals surface area contributed by atoms with Crippen molar-refractivity contribution in [1.82, 2.24) is 14.9 Å². The maximum atomic E-state index is 12.2. The molecule has 5 nitrogen and oxygen atoms in total. The topological polar surface area (TPSA) is 70.0 Å². The molecule has 22 heavy (non-hydrogen) atoms. The molecule has 2 heterocycles. The Kier molecular flexibility index (Phi) is 4.09. The summed E-state index contributed by atoms with van der Waals surface area (Å²) in [5.41, 5.74) is 2.45. The average molecular weight is 297 g/mol. The van der Waals surface area contributed by atoms with Crippen molar-refractivity contribution >= 4 is 11.0 Å². The van der Waals surface area contributed by atoms with Crippen LogP contribution in [0.4, 0.5) is 0 Å². The first-order chi connectivity index (χ1) is 10.7. The molecule has 0 aliphatic heterocycles. The van der Waals surface area contributed by atoms with Crippen molar-refractivity contribution in [2.45, 2.75) is 12.6 Å². The molecule has 0 aliphatic carbocycles. The number of likely N-dealkylation sites (N-methyl/N-ethyl adjacent to an activating group) is 1. The van der Waals surface area contributed by atoms with Crippen LogP contribution in [-0.4, -0.2) is 28.3 Å². The van der Waals surface area contributed by atoms with E-state index in [1.54, 1.807) is 13.2 Å². The molecule has 1 atom stereocenters. The van der Waals surface area contributed by atoms with Crippen molar-refractivity contribution in [1.29, 1.82) is 0 Å². The Morgan fingerprint density at radius 3 is 2.77 bits per heavy atom. The van der Waals surface area contributed by atoms with E-state index in [-0.39, 0.29) is 5.43 Å². The largest absolute Gasteiger partial charge is 0.387 e. The predicted octanol–water partition coefficient (Wildman–Crippen LogP) is 1.63. The summed E-state index contributed by atoms with van der Waals surface area (Å²) in [6.45, 7) is 1.04. The Hall–Kier alpha value is -2.37. The number of benzene rings is 1. The zero-order valence-corrected chi connectivity index (χ0v) is 12.4. The van der Waals surface area contributed by atoms with E-state index in [0.717, 1.165) is 11.2 Å². The Balaban J connectivity index is 2.11. The highest BCUT2D eigenvalue weighted by Gasteiger charge is 2.17. The monoisotopic (exact) mass is 297 g/mol. The van der Waals surface area contributed by atoms with Crippen LogP contribution in [0.25, 0.3) is 11.0 Å². The maximum absolute atomic E-state index is 12.2. The van der Waals surface area contributed by atoms with Gasteiger partial charge in [0.1, 0.15) is 5.65 Å². The maximum Gasteiger partial charge on any atom is 0.191 e. The average Bonchev–Trinajstić information content (AvgIpc) is 2.89. The first-order valence-electron chi connectivity index (χ1n) is 7.27. The van der Waals surface area contributed by atoms with Crippen molar-refractivity contribution in [3.8, 4) is 0 Å². The lowest BCUT2D eigenvalue weighted by atomic mass is 10.1. The van der Waals surface area contributed by atoms with Crippen molar-refractivity contribution in [2.75, 3.05) is 13.6 Å². The molecule has 3 aromatic rings. The number of pyridine rings is 1. The third kappa shape index (κ3) is 2.68. The molecular weight excluding hydrogens is 278 g/mol. The van der Waals surface area contributed by atoms with E-state index in [1.807, 2.05) is 41.1 Å². The van der Waals surface area contributed by atoms with E-state index in [1.165, 1.54) is 6.07 Å². The number of aromatic amines is 1. The van der Waals surface area contributed by atoms with Gasteiger partial charge in [-0.25, -0.2) is 0 Å². The number of rotatable bonds is 5. The molecule has 0 spiro atoms. The summed E-state index contributed by atoms with van der Waals surface area (Å²) < 4.78 is 1.97. The van der Waals surface area contributed by atoms with Gasteiger partial charge in [-0.05, 0) is 12.6 Å². The molecule has 0 aliphatic rings. The fraction of sp³-hybridized carbons (Fsp3) is 0.235. The first kappa shape index (κ1) is 14.6. The van der Waals surface area contributed by atoms with Crippen LogP contribution < -0.4 is 10.7 Å². The van der Waals surface area contributed by atoms with Crippen molar-refractivity contribution in [3.63, 3.8) is 0 Å². The van der Waals surface area contributed by atoms with Gasteiger partial charge in [0.05, 0.1) is 11.5 Å². The fourth-order valence-electron chi connectivity index (χ4n) is 2.73. The van der Waals surface area contributed by atoms with Gasteiger partial charge in [-0.3, -0.25) is 4.79 Å². The minimum absolute atomic E-state index is 0.0780. The van der Waals surface area contributed by atoms with Crippen molar-refractivity contribution < 1.29 is 5.11 Å². The summed E-state index contributed by atoms with van der Waals surface area (Å²) >= 11 is 0. The molecule has 5 heteroatoms. The standard InChI is InChI=1S/C17H19N3O2/c1-18-9-15(22)13-11-20(10-12-5-3-2-4-6-12)17-16(13)14(21)7-8-19-17/h2-8,11,15,18,22H,9-10H2,1H3,(H,19,21). The second kappa shape index (κ2) is 6.17. The van der Waals surface area contributed by atoms with Crippen LogP contribution in [0.2, 0.25) is 0 Å². The molecule has 0 bridgehead atoms. The first-order valence-corrected chi connectivity index (χ1v) is 7.27. The number of aliphatic hydroxyl groups excluding tert-OH is 1. The molecule has 3 N–H and O–H groups in total. The Labute approximate surface area is 128 Å². The summed E-state index contributed by atoms with van der Waals surface area (Å²) in [5, 5.41) is 13.8. The number of nitrogens with zero attached hydrogens (tertiary/aromatic N) is 1. The highest BCUT2D eigenvalue weighted by atomic mass is 16.3. The number of aliphatic hydroxyl groups is 1. The van der Waals surface area contributed by atoms with Gasteiger partial charge in [-0.1, -0.05) is 30.3 Å². The van der Waals surface area contributed by atoms with E-state index in [9.17, 15) is 9.90 Å². The number of fused-ring (bicyclic) bond motifs is 1. The normalized spacial score (nSPS) is 12.6. The van der Waals surface area contributed by atoms with Gasteiger partial charge in [0.2, 0.25) is 0 Å². The van der Waals surface area contributed by atoms with E-state index in [4.69, 9.17) is 0 Å². The van der Waals surface area contributed by atoms with Crippen LogP contribution in [0, 0.1) is 0 Å². The van der Waals surface area contributed by atoms with Gasteiger partial charge >= 0.3 is 0 Å². The summed E-state index contributed by atoms with van der Waals surface area (Å²) in [6.07, 6.45) is 2.78. The summed E-state index contributed by atoms with van der Waals surface area (Å²) in [4.78, 5) is 15.3. The minimum atomic E-state index is -0.715. The molecule has 3 rings (SSSR count). The number of aromatic nitrogens is 2. The molecule has 0 fully saturated rings. The molecule has 0 radical (unpaired) electrons. The van der Waals surface area contributed by atoms with E-state index in [2.05, 4.69) is 10.3 Å². The Morgan fingerprint density at radius 2 is 2.05 bits per heavy atom. The lowest BCUT2D eigenvalue weighted by Gasteiger charge is -2.07. The third-order valence-electron chi connectivity index (χ3n) is 3.76. The van der Waals surface area contributed by atoms with Gasteiger partial charge in [0, 0.05) is 37.1 Å². The minimum Gasteiger partial charge on any atom is -0.387 e. The molecule has 2 aromatic heterocycles. The SMILES string of the molecule is CNCC(O)c1cn(Cc2ccccc2)c2[nH]ccc(=O)c12. The zero-order chi connectivity index (χ0) is 15.5. The van der Waals surface area contributed by atoms with Gasteiger partial charge in [-0.15, -0.1) is 0 Å². The number of hydrogen-bond donors (Lipinski definition) is 3. The van der Waals surface area contributed by atoms with E-state index in [0.29, 0.717) is 24.0 Å². The molecule has 0 saturated carbocycles. The van der Waals surface area contributed by atoms with Crippen LogP contribution in [0.3, 0.4) is 0 Å². The van der Waals surface area contributed by atoms with E-state index < -0.39 is 6.10 Å². The highest BCUT2D eigenvalue weighted by molar-refractivity contribution is 5.80. The second-order valence-electron chi connectivity index (χ2n) is 5.34. The van der Waals surface area contributed by atoms with E-state index >= 15 is 0 Å². The van der Waals surface area contributed by atoms with Crippen LogP contribution in [0.15, 0.2) is 53.6 Å². The van der Waals surface area contributed by atoms with Crippen molar-refractivity contribution in [3.05, 3.63) is 70.1 Å². The van der Waals surface area contributed by atoms with Gasteiger partial charge in [-0.2, -0.15) is 0 Å². The highest BCUT2D eigenvalue weighted by Crippen LogP contribution is 2.23. The molecular formula is C17H19N3O2. The number of H-pyrrole nitrogens is 1. The van der Waals surface area contributed by atoms with Crippen LogP contribution in [0.1, 0.15) is 17.2 Å². The number of nitrogens with one attached hydrogen (secondary N) is 2. The molecule has 0 amide bonds. The van der Waals surface area contributed by atoms with Crippen LogP contribution in [0.5, 0.6) is 0 Å². The van der Waals surface area contributed by atoms with Crippen molar-refractivity contribution in [2.24, 2.45) is 0 Å². The smallest absolute Gasteiger partial charge is 0.191 e. The zero-order valence-electron chi connectivity index (χ0n) is 12.4. The third-order valence-corrected chi connectivity index (χ3v) is 3.76. The Bertz CT molecular complexity index is 821. The van der Waals surface area contributed by atoms with Gasteiger partial charge in [0.15, 0.2) is 5.43 Å². The lowest BCUT2D eigenvalue weighted by molar-refractivity contribution is 0.179. The summed E-state index contributed by atoms with van der Waals surface area (Å²) in [6, 6.07) is 11.5. The predicted molar refractivity (Wildman–Crippen MR) is 87.0 cm³/mol. The van der Waals surface area contributed by atoms with Gasteiger partial charge < -0.3 is 20.0 Å². The van der Waals surface area contributed by atoms with Gasteiger partial charge in [0.25, 0.3) is 0 Å². The van der Waals surface area contributed by atoms with Crippen LogP contribution in [-0.2, 0) is 6.54 Å². The summed E-state index contributed by atoms with van der Waals surface area (Å²) in [5.74, 6) is 0. The lowest BCUT2D eigenvalue weighted by Crippen LogP contribution is -2.17. The second-order valence-corrected chi connectivity index (χ2v) is 5.34.